The van der Waals surface area contributed by atoms with Crippen LogP contribution in [0.2, 0.25) is 0 Å². The van der Waals surface area contributed by atoms with Gasteiger partial charge in [0.25, 0.3) is 5.69 Å². The van der Waals surface area contributed by atoms with Gasteiger partial charge >= 0.3 is 0 Å². The van der Waals surface area contributed by atoms with E-state index >= 15 is 0 Å². The molecule has 0 amide bonds. The van der Waals surface area contributed by atoms with Gasteiger partial charge in [-0.05, 0) is 42.0 Å². The molecule has 21 heavy (non-hydrogen) atoms. The molecule has 7 heteroatoms. The molecule has 0 spiro atoms. The molecule has 0 bridgehead atoms. The summed E-state index contributed by atoms with van der Waals surface area (Å²) in [5, 5.41) is 14.4. The molecule has 0 saturated heterocycles. The lowest BCUT2D eigenvalue weighted by Crippen LogP contribution is -2.08. The molecule has 110 valence electrons. The summed E-state index contributed by atoms with van der Waals surface area (Å²) in [6.07, 6.45) is 0.972. The second-order valence-electron chi connectivity index (χ2n) is 4.50. The van der Waals surface area contributed by atoms with Crippen LogP contribution in [-0.2, 0) is 0 Å². The largest absolute Gasteiger partial charge is 0.369 e. The standard InChI is InChI=1S/C14H15IN4O2/c1-3-8-16-14-12(15)9(2)17-13(18-14)10-6-4-5-7-11(10)19(20)21/h4-7H,3,8H2,1-2H3,(H,16,17,18). The normalized spacial score (nSPS) is 10.4. The van der Waals surface area contributed by atoms with Crippen LogP contribution in [0.1, 0.15) is 19.0 Å². The fourth-order valence-electron chi connectivity index (χ4n) is 1.86. The molecule has 2 aromatic rings. The number of hydrogen-bond donors (Lipinski definition) is 1. The van der Waals surface area contributed by atoms with Gasteiger partial charge in [-0.1, -0.05) is 19.1 Å². The van der Waals surface area contributed by atoms with Crippen molar-refractivity contribution in [3.63, 3.8) is 0 Å². The molecular formula is C14H15IN4O2. The van der Waals surface area contributed by atoms with Crippen LogP contribution in [0, 0.1) is 20.6 Å². The maximum atomic E-state index is 11.1. The van der Waals surface area contributed by atoms with Gasteiger partial charge in [-0.3, -0.25) is 10.1 Å². The molecule has 1 N–H and O–H groups in total. The van der Waals surface area contributed by atoms with Gasteiger partial charge in [0, 0.05) is 12.6 Å². The van der Waals surface area contributed by atoms with Crippen molar-refractivity contribution in [1.29, 1.82) is 0 Å². The van der Waals surface area contributed by atoms with E-state index in [0.717, 1.165) is 28.0 Å². The van der Waals surface area contributed by atoms with E-state index in [0.29, 0.717) is 11.4 Å². The molecule has 0 aliphatic rings. The molecule has 1 heterocycles. The Morgan fingerprint density at radius 1 is 1.33 bits per heavy atom. The number of para-hydroxylation sites is 1. The highest BCUT2D eigenvalue weighted by atomic mass is 127. The molecule has 0 saturated carbocycles. The highest BCUT2D eigenvalue weighted by Crippen LogP contribution is 2.29. The van der Waals surface area contributed by atoms with Crippen molar-refractivity contribution in [2.75, 3.05) is 11.9 Å². The van der Waals surface area contributed by atoms with Gasteiger partial charge in [0.1, 0.15) is 5.82 Å². The van der Waals surface area contributed by atoms with E-state index in [1.165, 1.54) is 6.07 Å². The van der Waals surface area contributed by atoms with Gasteiger partial charge in [0.15, 0.2) is 5.82 Å². The number of nitrogens with one attached hydrogen (secondary N) is 1. The van der Waals surface area contributed by atoms with Crippen LogP contribution in [-0.4, -0.2) is 21.4 Å². The third-order valence-electron chi connectivity index (χ3n) is 2.90. The minimum atomic E-state index is -0.412. The number of hydrogen-bond acceptors (Lipinski definition) is 5. The lowest BCUT2D eigenvalue weighted by atomic mass is 10.1. The van der Waals surface area contributed by atoms with Crippen molar-refractivity contribution >= 4 is 34.1 Å². The number of anilines is 1. The predicted molar refractivity (Wildman–Crippen MR) is 90.4 cm³/mol. The molecule has 2 rings (SSSR count). The smallest absolute Gasteiger partial charge is 0.280 e. The minimum absolute atomic E-state index is 0.0135. The van der Waals surface area contributed by atoms with Gasteiger partial charge in [0.05, 0.1) is 19.8 Å². The number of aryl methyl sites for hydroxylation is 1. The summed E-state index contributed by atoms with van der Waals surface area (Å²) in [7, 11) is 0. The average molecular weight is 398 g/mol. The van der Waals surface area contributed by atoms with E-state index in [9.17, 15) is 10.1 Å². The molecule has 1 aromatic carbocycles. The van der Waals surface area contributed by atoms with Crippen LogP contribution in [0.15, 0.2) is 24.3 Å². The zero-order chi connectivity index (χ0) is 15.4. The van der Waals surface area contributed by atoms with Gasteiger partial charge < -0.3 is 5.32 Å². The minimum Gasteiger partial charge on any atom is -0.369 e. The van der Waals surface area contributed by atoms with Gasteiger partial charge in [-0.15, -0.1) is 0 Å². The monoisotopic (exact) mass is 398 g/mol. The van der Waals surface area contributed by atoms with Gasteiger partial charge in [-0.2, -0.15) is 0 Å². The van der Waals surface area contributed by atoms with Crippen molar-refractivity contribution in [1.82, 2.24) is 9.97 Å². The molecule has 0 aliphatic carbocycles. The van der Waals surface area contributed by atoms with Crippen molar-refractivity contribution in [3.05, 3.63) is 43.6 Å². The zero-order valence-corrected chi connectivity index (χ0v) is 13.9. The lowest BCUT2D eigenvalue weighted by Gasteiger charge is -2.11. The highest BCUT2D eigenvalue weighted by Gasteiger charge is 2.18. The van der Waals surface area contributed by atoms with Crippen LogP contribution in [0.3, 0.4) is 0 Å². The first-order valence-corrected chi connectivity index (χ1v) is 7.64. The Kier molecular flexibility index (Phi) is 5.05. The van der Waals surface area contributed by atoms with Gasteiger partial charge in [0.2, 0.25) is 0 Å². The number of nitro groups is 1. The molecule has 0 unspecified atom stereocenters. The van der Waals surface area contributed by atoms with Crippen molar-refractivity contribution in [2.45, 2.75) is 20.3 Å². The molecule has 0 radical (unpaired) electrons. The topological polar surface area (TPSA) is 81.0 Å². The lowest BCUT2D eigenvalue weighted by molar-refractivity contribution is -0.384. The number of nitrogens with zero attached hydrogens (tertiary/aromatic N) is 3. The van der Waals surface area contributed by atoms with Crippen molar-refractivity contribution < 1.29 is 4.92 Å². The first-order valence-electron chi connectivity index (χ1n) is 6.56. The summed E-state index contributed by atoms with van der Waals surface area (Å²) < 4.78 is 0.934. The third-order valence-corrected chi connectivity index (χ3v) is 4.19. The molecule has 0 atom stereocenters. The summed E-state index contributed by atoms with van der Waals surface area (Å²) in [6, 6.07) is 6.52. The maximum absolute atomic E-state index is 11.1. The summed E-state index contributed by atoms with van der Waals surface area (Å²) >= 11 is 2.18. The molecule has 0 aliphatic heterocycles. The fourth-order valence-corrected chi connectivity index (χ4v) is 2.29. The summed E-state index contributed by atoms with van der Waals surface area (Å²) in [5.41, 5.74) is 1.25. The number of aromatic nitrogens is 2. The first kappa shape index (κ1) is 15.6. The second kappa shape index (κ2) is 6.79. The van der Waals surface area contributed by atoms with E-state index in [2.05, 4.69) is 44.8 Å². The van der Waals surface area contributed by atoms with Gasteiger partial charge in [-0.25, -0.2) is 9.97 Å². The summed E-state index contributed by atoms with van der Waals surface area (Å²) in [5.74, 6) is 1.09. The highest BCUT2D eigenvalue weighted by molar-refractivity contribution is 14.1. The van der Waals surface area contributed by atoms with Crippen LogP contribution in [0.25, 0.3) is 11.4 Å². The van der Waals surface area contributed by atoms with E-state index in [4.69, 9.17) is 0 Å². The van der Waals surface area contributed by atoms with E-state index < -0.39 is 4.92 Å². The number of halogens is 1. The Balaban J connectivity index is 2.54. The Hall–Kier alpha value is -1.77. The Labute approximate surface area is 136 Å². The van der Waals surface area contributed by atoms with Crippen LogP contribution >= 0.6 is 22.6 Å². The Bertz CT molecular complexity index is 676. The fraction of sp³-hybridized carbons (Fsp3) is 0.286. The van der Waals surface area contributed by atoms with E-state index in [1.807, 2.05) is 6.92 Å². The van der Waals surface area contributed by atoms with E-state index in [-0.39, 0.29) is 5.69 Å². The molecular weight excluding hydrogens is 383 g/mol. The Morgan fingerprint density at radius 2 is 2.05 bits per heavy atom. The van der Waals surface area contributed by atoms with Crippen LogP contribution < -0.4 is 5.32 Å². The average Bonchev–Trinajstić information content (AvgIpc) is 2.48. The van der Waals surface area contributed by atoms with Crippen LogP contribution in [0.4, 0.5) is 11.5 Å². The summed E-state index contributed by atoms with van der Waals surface area (Å²) in [6.45, 7) is 4.73. The zero-order valence-electron chi connectivity index (χ0n) is 11.8. The number of benzene rings is 1. The quantitative estimate of drug-likeness (QED) is 0.471. The van der Waals surface area contributed by atoms with Crippen molar-refractivity contribution in [2.24, 2.45) is 0 Å². The molecule has 1 aromatic heterocycles. The number of nitro benzene ring substituents is 1. The maximum Gasteiger partial charge on any atom is 0.280 e. The SMILES string of the molecule is CCCNc1nc(-c2ccccc2[N+](=O)[O-])nc(C)c1I. The Morgan fingerprint density at radius 3 is 2.71 bits per heavy atom. The first-order chi connectivity index (χ1) is 10.0. The van der Waals surface area contributed by atoms with Crippen LogP contribution in [0.5, 0.6) is 0 Å². The third kappa shape index (κ3) is 3.46. The molecule has 6 nitrogen and oxygen atoms in total. The predicted octanol–water partition coefficient (Wildman–Crippen LogP) is 3.79. The number of rotatable bonds is 5. The summed E-state index contributed by atoms with van der Waals surface area (Å²) in [4.78, 5) is 19.6. The molecule has 0 fully saturated rings. The second-order valence-corrected chi connectivity index (χ2v) is 5.57. The van der Waals surface area contributed by atoms with E-state index in [1.54, 1.807) is 18.2 Å². The van der Waals surface area contributed by atoms with Crippen molar-refractivity contribution in [3.8, 4) is 11.4 Å².